The monoisotopic (exact) mass is 277 g/mol. The van der Waals surface area contributed by atoms with Crippen LogP contribution in [-0.2, 0) is 0 Å². The van der Waals surface area contributed by atoms with Crippen molar-refractivity contribution in [2.24, 2.45) is 0 Å². The summed E-state index contributed by atoms with van der Waals surface area (Å²) in [4.78, 5) is 12.1. The minimum absolute atomic E-state index is 0.361. The Bertz CT molecular complexity index is 581. The van der Waals surface area contributed by atoms with E-state index < -0.39 is 11.4 Å². The first-order chi connectivity index (χ1) is 9.58. The number of carbonyl (C=O) groups excluding carboxylic acids is 1. The van der Waals surface area contributed by atoms with Gasteiger partial charge in [0, 0.05) is 11.1 Å². The van der Waals surface area contributed by atoms with Crippen molar-refractivity contribution >= 4 is 5.91 Å². The first-order valence-electron chi connectivity index (χ1n) is 5.96. The Morgan fingerprint density at radius 1 is 1.40 bits per heavy atom. The molecule has 2 aromatic rings. The fourth-order valence-corrected chi connectivity index (χ4v) is 1.56. The highest BCUT2D eigenvalue weighted by Crippen LogP contribution is 2.15. The van der Waals surface area contributed by atoms with Crippen LogP contribution in [0.25, 0.3) is 11.4 Å². The molecular weight excluding hydrogens is 262 g/mol. The number of rotatable bonds is 5. The largest absolute Gasteiger partial charge is 0.394 e. The lowest BCUT2D eigenvalue weighted by Gasteiger charge is -2.26. The number of carbonyl (C=O) groups is 1. The van der Waals surface area contributed by atoms with Gasteiger partial charge in [0.15, 0.2) is 0 Å². The summed E-state index contributed by atoms with van der Waals surface area (Å²) >= 11 is 0. The highest BCUT2D eigenvalue weighted by atomic mass is 16.3. The van der Waals surface area contributed by atoms with Gasteiger partial charge in [0.2, 0.25) is 5.82 Å². The number of amides is 1. The van der Waals surface area contributed by atoms with Crippen LogP contribution in [0.4, 0.5) is 0 Å². The predicted octanol–water partition coefficient (Wildman–Crippen LogP) is -0.660. The molecule has 0 unspecified atom stereocenters. The van der Waals surface area contributed by atoms with Crippen molar-refractivity contribution in [2.45, 2.75) is 12.5 Å². The molecule has 0 bridgehead atoms. The van der Waals surface area contributed by atoms with Gasteiger partial charge in [-0.25, -0.2) is 0 Å². The quantitative estimate of drug-likeness (QED) is 0.575. The van der Waals surface area contributed by atoms with Gasteiger partial charge in [0.1, 0.15) is 0 Å². The van der Waals surface area contributed by atoms with Crippen molar-refractivity contribution in [3.8, 4) is 11.4 Å². The lowest BCUT2D eigenvalue weighted by atomic mass is 10.0. The number of benzene rings is 1. The summed E-state index contributed by atoms with van der Waals surface area (Å²) in [5, 5.41) is 34.4. The zero-order valence-corrected chi connectivity index (χ0v) is 10.9. The van der Waals surface area contributed by atoms with Crippen molar-refractivity contribution in [2.75, 3.05) is 13.2 Å². The molecule has 8 heteroatoms. The third-order valence-electron chi connectivity index (χ3n) is 2.84. The zero-order valence-electron chi connectivity index (χ0n) is 10.9. The van der Waals surface area contributed by atoms with Crippen molar-refractivity contribution in [1.29, 1.82) is 0 Å². The number of aliphatic hydroxyl groups excluding tert-OH is 2. The molecule has 0 aliphatic rings. The maximum Gasteiger partial charge on any atom is 0.251 e. The van der Waals surface area contributed by atoms with E-state index in [1.807, 2.05) is 0 Å². The molecule has 4 N–H and O–H groups in total. The van der Waals surface area contributed by atoms with E-state index in [0.717, 1.165) is 0 Å². The number of nitrogens with zero attached hydrogens (tertiary/aromatic N) is 3. The summed E-state index contributed by atoms with van der Waals surface area (Å²) in [5.41, 5.74) is -0.0549. The summed E-state index contributed by atoms with van der Waals surface area (Å²) in [6, 6.07) is 6.66. The molecule has 1 amide bonds. The van der Waals surface area contributed by atoms with Gasteiger partial charge < -0.3 is 15.5 Å². The molecule has 0 saturated carbocycles. The molecule has 20 heavy (non-hydrogen) atoms. The van der Waals surface area contributed by atoms with E-state index >= 15 is 0 Å². The van der Waals surface area contributed by atoms with Crippen LogP contribution >= 0.6 is 0 Å². The topological polar surface area (TPSA) is 124 Å². The summed E-state index contributed by atoms with van der Waals surface area (Å²) in [5.74, 6) is -0.0207. The minimum Gasteiger partial charge on any atom is -0.394 e. The summed E-state index contributed by atoms with van der Waals surface area (Å²) < 4.78 is 0. The average Bonchev–Trinajstić information content (AvgIpc) is 3.01. The molecule has 0 radical (unpaired) electrons. The molecule has 1 aromatic heterocycles. The van der Waals surface area contributed by atoms with Crippen LogP contribution in [0.3, 0.4) is 0 Å². The van der Waals surface area contributed by atoms with Crippen LogP contribution in [0, 0.1) is 0 Å². The van der Waals surface area contributed by atoms with Gasteiger partial charge >= 0.3 is 0 Å². The van der Waals surface area contributed by atoms with E-state index in [9.17, 15) is 15.0 Å². The maximum absolute atomic E-state index is 12.1. The van der Waals surface area contributed by atoms with Gasteiger partial charge in [-0.05, 0) is 24.3 Å². The van der Waals surface area contributed by atoms with Crippen LogP contribution < -0.4 is 5.32 Å². The minimum atomic E-state index is -1.07. The summed E-state index contributed by atoms with van der Waals surface area (Å²) in [6.45, 7) is 0.827. The lowest BCUT2D eigenvalue weighted by molar-refractivity contribution is 0.0724. The van der Waals surface area contributed by atoms with Crippen LogP contribution in [-0.4, -0.2) is 55.5 Å². The van der Waals surface area contributed by atoms with Gasteiger partial charge in [-0.1, -0.05) is 12.1 Å². The number of aromatic amines is 1. The van der Waals surface area contributed by atoms with Crippen molar-refractivity contribution < 1.29 is 15.0 Å². The molecule has 1 heterocycles. The number of nitrogens with one attached hydrogen (secondary N) is 2. The van der Waals surface area contributed by atoms with E-state index in [0.29, 0.717) is 17.0 Å². The van der Waals surface area contributed by atoms with Gasteiger partial charge in [-0.2, -0.15) is 5.21 Å². The fourth-order valence-electron chi connectivity index (χ4n) is 1.56. The zero-order chi connectivity index (χ0) is 14.6. The molecular formula is C12H15N5O3. The maximum atomic E-state index is 12.1. The van der Waals surface area contributed by atoms with E-state index in [1.54, 1.807) is 31.2 Å². The molecule has 0 atom stereocenters. The Morgan fingerprint density at radius 3 is 2.75 bits per heavy atom. The Balaban J connectivity index is 2.21. The normalized spacial score (nSPS) is 11.3. The lowest BCUT2D eigenvalue weighted by Crippen LogP contribution is -2.51. The van der Waals surface area contributed by atoms with Crippen LogP contribution in [0.2, 0.25) is 0 Å². The first kappa shape index (κ1) is 14.1. The molecule has 0 aliphatic heterocycles. The second-order valence-electron chi connectivity index (χ2n) is 4.65. The van der Waals surface area contributed by atoms with E-state index in [1.165, 1.54) is 0 Å². The smallest absolute Gasteiger partial charge is 0.251 e. The number of hydrogen-bond donors (Lipinski definition) is 4. The molecule has 0 fully saturated rings. The van der Waals surface area contributed by atoms with E-state index in [-0.39, 0.29) is 13.2 Å². The Kier molecular flexibility index (Phi) is 4.06. The molecule has 0 spiro atoms. The third kappa shape index (κ3) is 2.98. The number of aromatic nitrogens is 4. The Morgan fingerprint density at radius 2 is 2.15 bits per heavy atom. The fraction of sp³-hybridized carbons (Fsp3) is 0.333. The average molecular weight is 277 g/mol. The van der Waals surface area contributed by atoms with E-state index in [4.69, 9.17) is 0 Å². The van der Waals surface area contributed by atoms with E-state index in [2.05, 4.69) is 25.9 Å². The molecule has 2 rings (SSSR count). The number of tetrazole rings is 1. The molecule has 1 aromatic carbocycles. The van der Waals surface area contributed by atoms with Crippen LogP contribution in [0.5, 0.6) is 0 Å². The second kappa shape index (κ2) is 5.76. The van der Waals surface area contributed by atoms with Crippen LogP contribution in [0.15, 0.2) is 24.3 Å². The molecule has 8 nitrogen and oxygen atoms in total. The standard InChI is InChI=1S/C12H15N5O3/c1-12(6-18,7-19)13-11(20)9-4-2-3-8(5-9)10-14-16-17-15-10/h2-5,18-19H,6-7H2,1H3,(H,13,20)(H,14,15,16,17). The number of H-pyrrole nitrogens is 1. The molecule has 0 aliphatic carbocycles. The number of hydrogen-bond acceptors (Lipinski definition) is 6. The van der Waals surface area contributed by atoms with Gasteiger partial charge in [0.25, 0.3) is 5.91 Å². The molecule has 106 valence electrons. The van der Waals surface area contributed by atoms with Gasteiger partial charge in [-0.3, -0.25) is 4.79 Å². The summed E-state index contributed by atoms with van der Waals surface area (Å²) in [7, 11) is 0. The SMILES string of the molecule is CC(CO)(CO)NC(=O)c1cccc(-c2nn[nH]n2)c1. The highest BCUT2D eigenvalue weighted by molar-refractivity contribution is 5.95. The summed E-state index contributed by atoms with van der Waals surface area (Å²) in [6.07, 6.45) is 0. The first-order valence-corrected chi connectivity index (χ1v) is 5.96. The number of aliphatic hydroxyl groups is 2. The van der Waals surface area contributed by atoms with Crippen LogP contribution in [0.1, 0.15) is 17.3 Å². The van der Waals surface area contributed by atoms with Crippen molar-refractivity contribution in [1.82, 2.24) is 25.9 Å². The third-order valence-corrected chi connectivity index (χ3v) is 2.84. The molecule has 0 saturated heterocycles. The van der Waals surface area contributed by atoms with Gasteiger partial charge in [0.05, 0.1) is 18.8 Å². The van der Waals surface area contributed by atoms with Crippen molar-refractivity contribution in [3.05, 3.63) is 29.8 Å². The Labute approximate surface area is 114 Å². The predicted molar refractivity (Wildman–Crippen MR) is 69.7 cm³/mol. The Hall–Kier alpha value is -2.32. The highest BCUT2D eigenvalue weighted by Gasteiger charge is 2.25. The van der Waals surface area contributed by atoms with Gasteiger partial charge in [-0.15, -0.1) is 10.2 Å². The second-order valence-corrected chi connectivity index (χ2v) is 4.65. The van der Waals surface area contributed by atoms with Crippen molar-refractivity contribution in [3.63, 3.8) is 0 Å².